The zero-order chi connectivity index (χ0) is 10.4. The maximum absolute atomic E-state index is 11.0. The number of carbonyl (C=O) groups is 2. The molecule has 1 aromatic heterocycles. The minimum Gasteiger partial charge on any atom is -0.291 e. The molecule has 6 nitrogen and oxygen atoms in total. The summed E-state index contributed by atoms with van der Waals surface area (Å²) in [6, 6.07) is 4.56. The molecule has 74 valence electrons. The van der Waals surface area contributed by atoms with Gasteiger partial charge in [0, 0.05) is 13.1 Å². The number of hydrogen-bond acceptors (Lipinski definition) is 3. The summed E-state index contributed by atoms with van der Waals surface area (Å²) in [5.74, 6) is 0.0662. The van der Waals surface area contributed by atoms with Crippen molar-refractivity contribution in [2.45, 2.75) is 6.92 Å². The smallest absolute Gasteiger partial charge is 0.291 e. The maximum atomic E-state index is 11.0. The van der Waals surface area contributed by atoms with Crippen molar-refractivity contribution in [1.82, 2.24) is 15.8 Å². The van der Waals surface area contributed by atoms with Crippen LogP contribution < -0.4 is 16.2 Å². The fraction of sp³-hybridized carbons (Fsp3) is 0.125. The Bertz CT molecular complexity index is 325. The predicted molar refractivity (Wildman–Crippen MR) is 50.2 cm³/mol. The second kappa shape index (κ2) is 4.80. The van der Waals surface area contributed by atoms with Crippen LogP contribution in [0.15, 0.2) is 24.4 Å². The Morgan fingerprint density at radius 1 is 1.29 bits per heavy atom. The Balaban J connectivity index is 2.38. The summed E-state index contributed by atoms with van der Waals surface area (Å²) in [5.41, 5.74) is 4.28. The normalized spacial score (nSPS) is 8.93. The van der Waals surface area contributed by atoms with E-state index in [1.54, 1.807) is 24.4 Å². The third-order valence-electron chi connectivity index (χ3n) is 1.26. The number of hydrogen-bond donors (Lipinski definition) is 3. The van der Waals surface area contributed by atoms with Crippen LogP contribution in [0.1, 0.15) is 6.92 Å². The number of nitrogens with zero attached hydrogens (tertiary/aromatic N) is 1. The van der Waals surface area contributed by atoms with E-state index in [0.717, 1.165) is 0 Å². The number of rotatable bonds is 1. The van der Waals surface area contributed by atoms with E-state index >= 15 is 0 Å². The summed E-state index contributed by atoms with van der Waals surface area (Å²) in [6.45, 7) is 1.29. The molecule has 6 heteroatoms. The Morgan fingerprint density at radius 2 is 2.07 bits per heavy atom. The molecule has 0 bridgehead atoms. The lowest BCUT2D eigenvalue weighted by Crippen LogP contribution is -2.42. The number of urea groups is 1. The van der Waals surface area contributed by atoms with Crippen LogP contribution in [0.2, 0.25) is 0 Å². The van der Waals surface area contributed by atoms with Crippen LogP contribution in [0.4, 0.5) is 10.6 Å². The quantitative estimate of drug-likeness (QED) is 0.560. The summed E-state index contributed by atoms with van der Waals surface area (Å²) in [4.78, 5) is 25.3. The third kappa shape index (κ3) is 3.53. The minimum atomic E-state index is -0.543. The molecule has 0 saturated carbocycles. The monoisotopic (exact) mass is 194 g/mol. The van der Waals surface area contributed by atoms with Gasteiger partial charge < -0.3 is 0 Å². The van der Waals surface area contributed by atoms with Crippen molar-refractivity contribution in [2.75, 3.05) is 5.32 Å². The molecule has 0 fully saturated rings. The molecule has 1 aromatic rings. The van der Waals surface area contributed by atoms with Gasteiger partial charge in [0.25, 0.3) is 0 Å². The number of hydrazine groups is 1. The molecule has 3 N–H and O–H groups in total. The molecule has 0 aliphatic heterocycles. The van der Waals surface area contributed by atoms with E-state index in [-0.39, 0.29) is 5.91 Å². The molecule has 14 heavy (non-hydrogen) atoms. The summed E-state index contributed by atoms with van der Waals surface area (Å²) < 4.78 is 0. The Hall–Kier alpha value is -2.11. The average Bonchev–Trinajstić information content (AvgIpc) is 2.16. The van der Waals surface area contributed by atoms with Gasteiger partial charge in [-0.1, -0.05) is 6.07 Å². The molecule has 0 aliphatic rings. The highest BCUT2D eigenvalue weighted by molar-refractivity contribution is 5.89. The second-order valence-corrected chi connectivity index (χ2v) is 2.48. The van der Waals surface area contributed by atoms with Crippen LogP contribution >= 0.6 is 0 Å². The first kappa shape index (κ1) is 9.97. The van der Waals surface area contributed by atoms with Crippen molar-refractivity contribution in [1.29, 1.82) is 0 Å². The summed E-state index contributed by atoms with van der Waals surface area (Å²) >= 11 is 0. The molecule has 1 rings (SSSR count). The van der Waals surface area contributed by atoms with Crippen LogP contribution in [0.5, 0.6) is 0 Å². The zero-order valence-electron chi connectivity index (χ0n) is 7.57. The Labute approximate surface area is 80.7 Å². The van der Waals surface area contributed by atoms with Crippen LogP contribution in [-0.4, -0.2) is 16.9 Å². The van der Waals surface area contributed by atoms with E-state index in [4.69, 9.17) is 0 Å². The first-order valence-electron chi connectivity index (χ1n) is 3.93. The number of nitrogens with one attached hydrogen (secondary N) is 3. The van der Waals surface area contributed by atoms with Crippen LogP contribution in [-0.2, 0) is 4.79 Å². The highest BCUT2D eigenvalue weighted by Gasteiger charge is 2.00. The van der Waals surface area contributed by atoms with Crippen LogP contribution in [0, 0.1) is 0 Å². The van der Waals surface area contributed by atoms with Crippen LogP contribution in [0.25, 0.3) is 0 Å². The molecule has 0 aliphatic carbocycles. The standard InChI is InChI=1S/C8H10N4O2/c1-6(13)11-12-8(14)10-7-4-2-3-5-9-7/h2-5H,1H3,(H,11,13)(H2,9,10,12,14). The fourth-order valence-corrected chi connectivity index (χ4v) is 0.729. The van der Waals surface area contributed by atoms with Crippen molar-refractivity contribution >= 4 is 17.8 Å². The van der Waals surface area contributed by atoms with Gasteiger partial charge in [0.05, 0.1) is 0 Å². The van der Waals surface area contributed by atoms with Gasteiger partial charge in [0.1, 0.15) is 5.82 Å². The van der Waals surface area contributed by atoms with Gasteiger partial charge in [-0.05, 0) is 12.1 Å². The summed E-state index contributed by atoms with van der Waals surface area (Å²) in [5, 5.41) is 2.42. The molecule has 0 saturated heterocycles. The van der Waals surface area contributed by atoms with E-state index in [9.17, 15) is 9.59 Å². The first-order chi connectivity index (χ1) is 6.68. The number of anilines is 1. The lowest BCUT2D eigenvalue weighted by atomic mass is 10.5. The lowest BCUT2D eigenvalue weighted by molar-refractivity contribution is -0.119. The van der Waals surface area contributed by atoms with E-state index in [0.29, 0.717) is 5.82 Å². The number of aromatic nitrogens is 1. The molecular formula is C8H10N4O2. The molecule has 0 atom stereocenters. The maximum Gasteiger partial charge on any atom is 0.339 e. The van der Waals surface area contributed by atoms with Crippen molar-refractivity contribution in [2.24, 2.45) is 0 Å². The van der Waals surface area contributed by atoms with E-state index in [1.807, 2.05) is 0 Å². The Kier molecular flexibility index (Phi) is 3.42. The molecule has 1 heterocycles. The van der Waals surface area contributed by atoms with Crippen LogP contribution in [0.3, 0.4) is 0 Å². The SMILES string of the molecule is CC(=O)NNC(=O)Nc1ccccn1. The molecule has 0 radical (unpaired) electrons. The van der Waals surface area contributed by atoms with Gasteiger partial charge in [-0.2, -0.15) is 0 Å². The van der Waals surface area contributed by atoms with Crippen molar-refractivity contribution in [3.05, 3.63) is 24.4 Å². The fourth-order valence-electron chi connectivity index (χ4n) is 0.729. The largest absolute Gasteiger partial charge is 0.339 e. The van der Waals surface area contributed by atoms with E-state index in [2.05, 4.69) is 21.2 Å². The van der Waals surface area contributed by atoms with Crippen molar-refractivity contribution in [3.63, 3.8) is 0 Å². The van der Waals surface area contributed by atoms with Gasteiger partial charge in [-0.3, -0.25) is 15.5 Å². The van der Waals surface area contributed by atoms with Crippen molar-refractivity contribution in [3.8, 4) is 0 Å². The molecule has 3 amide bonds. The van der Waals surface area contributed by atoms with E-state index in [1.165, 1.54) is 6.92 Å². The highest BCUT2D eigenvalue weighted by Crippen LogP contribution is 1.98. The molecule has 0 unspecified atom stereocenters. The first-order valence-corrected chi connectivity index (χ1v) is 3.93. The van der Waals surface area contributed by atoms with Gasteiger partial charge >= 0.3 is 6.03 Å². The Morgan fingerprint density at radius 3 is 2.64 bits per heavy atom. The van der Waals surface area contributed by atoms with Crippen molar-refractivity contribution < 1.29 is 9.59 Å². The number of amides is 3. The number of carbonyl (C=O) groups excluding carboxylic acids is 2. The third-order valence-corrected chi connectivity index (χ3v) is 1.26. The minimum absolute atomic E-state index is 0.346. The summed E-state index contributed by atoms with van der Waals surface area (Å²) in [6.07, 6.45) is 1.55. The second-order valence-electron chi connectivity index (χ2n) is 2.48. The number of pyridine rings is 1. The van der Waals surface area contributed by atoms with Gasteiger partial charge in [-0.25, -0.2) is 15.2 Å². The molecule has 0 aromatic carbocycles. The lowest BCUT2D eigenvalue weighted by Gasteiger charge is -2.05. The molecular weight excluding hydrogens is 184 g/mol. The average molecular weight is 194 g/mol. The highest BCUT2D eigenvalue weighted by atomic mass is 16.2. The van der Waals surface area contributed by atoms with E-state index < -0.39 is 6.03 Å². The van der Waals surface area contributed by atoms with Gasteiger partial charge in [-0.15, -0.1) is 0 Å². The zero-order valence-corrected chi connectivity index (χ0v) is 7.57. The van der Waals surface area contributed by atoms with Gasteiger partial charge in [0.15, 0.2) is 0 Å². The topological polar surface area (TPSA) is 83.1 Å². The predicted octanol–water partition coefficient (Wildman–Crippen LogP) is 0.254. The van der Waals surface area contributed by atoms with Gasteiger partial charge in [0.2, 0.25) is 5.91 Å². The molecule has 0 spiro atoms. The summed E-state index contributed by atoms with van der Waals surface area (Å²) in [7, 11) is 0.